The number of cyclic esters (lactones) is 4. The molecule has 2 aliphatic heterocycles. The highest BCUT2D eigenvalue weighted by atomic mass is 16.6. The second-order valence-electron chi connectivity index (χ2n) is 10.2. The average Bonchev–Trinajstić information content (AvgIpc) is 3.18. The maximum atomic E-state index is 12.2. The molecule has 0 amide bonds. The third kappa shape index (κ3) is 1.65. The van der Waals surface area contributed by atoms with E-state index >= 15 is 0 Å². The van der Waals surface area contributed by atoms with Crippen molar-refractivity contribution in [2.75, 3.05) is 0 Å². The summed E-state index contributed by atoms with van der Waals surface area (Å²) < 4.78 is 9.13. The number of hydrogen-bond acceptors (Lipinski definition) is 10. The number of carbonyl (C=O) groups excluding carboxylic acids is 8. The van der Waals surface area contributed by atoms with Gasteiger partial charge in [0.1, 0.15) is 23.1 Å². The fraction of sp³-hybridized carbons (Fsp3) is 0.636. The van der Waals surface area contributed by atoms with Gasteiger partial charge in [0.2, 0.25) is 0 Å². The molecular formula is C22H20O10. The fourth-order valence-electron chi connectivity index (χ4n) is 7.44. The Bertz CT molecular complexity index is 938. The molecule has 0 aromatic carbocycles. The van der Waals surface area contributed by atoms with E-state index in [9.17, 15) is 38.4 Å². The van der Waals surface area contributed by atoms with Gasteiger partial charge in [-0.25, -0.2) is 0 Å². The summed E-state index contributed by atoms with van der Waals surface area (Å²) in [6, 6.07) is 0. The Labute approximate surface area is 181 Å². The number of ether oxygens (including phenoxy) is 2. The van der Waals surface area contributed by atoms with Crippen molar-refractivity contribution in [1.82, 2.24) is 0 Å². The summed E-state index contributed by atoms with van der Waals surface area (Å²) in [6.45, 7) is 6.36. The van der Waals surface area contributed by atoms with Gasteiger partial charge in [-0.1, -0.05) is 13.8 Å². The first-order valence-corrected chi connectivity index (χ1v) is 10.4. The number of esters is 4. The van der Waals surface area contributed by atoms with E-state index in [1.807, 2.05) is 0 Å². The van der Waals surface area contributed by atoms with Crippen LogP contribution in [-0.2, 0) is 47.8 Å². The zero-order valence-electron chi connectivity index (χ0n) is 17.8. The van der Waals surface area contributed by atoms with Crippen LogP contribution in [0.4, 0.5) is 0 Å². The molecule has 6 rings (SSSR count). The first kappa shape index (κ1) is 20.8. The Kier molecular flexibility index (Phi) is 3.56. The lowest BCUT2D eigenvalue weighted by Gasteiger charge is -2.67. The summed E-state index contributed by atoms with van der Waals surface area (Å²) in [5.41, 5.74) is -4.71. The zero-order chi connectivity index (χ0) is 23.8. The highest BCUT2D eigenvalue weighted by Crippen LogP contribution is 2.83. The van der Waals surface area contributed by atoms with Gasteiger partial charge < -0.3 is 9.47 Å². The minimum Gasteiger partial charge on any atom is -0.393 e. The topological polar surface area (TPSA) is 155 Å². The van der Waals surface area contributed by atoms with Crippen molar-refractivity contribution in [1.29, 1.82) is 0 Å². The van der Waals surface area contributed by atoms with Gasteiger partial charge in [0.15, 0.2) is 0 Å². The summed E-state index contributed by atoms with van der Waals surface area (Å²) >= 11 is 0. The number of carbonyl (C=O) groups is 8. The number of ketones is 4. The zero-order valence-corrected chi connectivity index (χ0v) is 17.8. The molecular weight excluding hydrogens is 424 g/mol. The molecule has 4 saturated carbocycles. The van der Waals surface area contributed by atoms with Crippen molar-refractivity contribution in [2.24, 2.45) is 45.3 Å². The molecule has 8 unspecified atom stereocenters. The van der Waals surface area contributed by atoms with Crippen LogP contribution in [0.15, 0.2) is 0 Å². The van der Waals surface area contributed by atoms with Crippen LogP contribution in [0.25, 0.3) is 0 Å². The van der Waals surface area contributed by atoms with Crippen LogP contribution in [-0.4, -0.2) is 47.0 Å². The average molecular weight is 444 g/mol. The van der Waals surface area contributed by atoms with E-state index in [4.69, 9.17) is 4.74 Å². The van der Waals surface area contributed by atoms with Crippen LogP contribution in [0.5, 0.6) is 0 Å². The highest BCUT2D eigenvalue weighted by Gasteiger charge is 2.95. The molecule has 0 spiro atoms. The Balaban J connectivity index is 0.000000139. The summed E-state index contributed by atoms with van der Waals surface area (Å²) in [7, 11) is 0. The van der Waals surface area contributed by atoms with Gasteiger partial charge in [-0.15, -0.1) is 0 Å². The molecule has 0 aromatic heterocycles. The smallest absolute Gasteiger partial charge is 0.321 e. The maximum Gasteiger partial charge on any atom is 0.321 e. The number of fused-ring (bicyclic) bond motifs is 8. The normalized spacial score (nSPS) is 49.9. The predicted molar refractivity (Wildman–Crippen MR) is 97.8 cm³/mol. The molecule has 168 valence electrons. The van der Waals surface area contributed by atoms with Gasteiger partial charge in [-0.2, -0.15) is 0 Å². The minimum absolute atomic E-state index is 0.122. The summed E-state index contributed by atoms with van der Waals surface area (Å²) in [5, 5.41) is 0. The molecule has 0 bridgehead atoms. The van der Waals surface area contributed by atoms with Crippen molar-refractivity contribution < 1.29 is 47.8 Å². The van der Waals surface area contributed by atoms with Crippen LogP contribution in [0.1, 0.15) is 40.5 Å². The largest absolute Gasteiger partial charge is 0.393 e. The van der Waals surface area contributed by atoms with Crippen LogP contribution in [0.3, 0.4) is 0 Å². The second kappa shape index (κ2) is 5.47. The van der Waals surface area contributed by atoms with Crippen molar-refractivity contribution in [3.05, 3.63) is 0 Å². The Morgan fingerprint density at radius 3 is 1.28 bits per heavy atom. The molecule has 2 heterocycles. The predicted octanol–water partition coefficient (Wildman–Crippen LogP) is -0.259. The van der Waals surface area contributed by atoms with Gasteiger partial charge in [0.25, 0.3) is 0 Å². The van der Waals surface area contributed by atoms with Crippen molar-refractivity contribution >= 4 is 47.0 Å². The standard InChI is InChI=1S/C13H14O5.C9H6O5/c1-10-6(14)5-7(15)11(10,2)13(4)9(17)18-8(16)12(10,13)3;10-2-1-3(11)5-4(2)6-7(5)9(13)14-8(6)12/h5H2,1-4H3;4-7H,1H2. The third-order valence-electron chi connectivity index (χ3n) is 9.82. The first-order chi connectivity index (χ1) is 14.7. The molecule has 0 aromatic rings. The Morgan fingerprint density at radius 1 is 0.531 bits per heavy atom. The van der Waals surface area contributed by atoms with E-state index in [0.29, 0.717) is 0 Å². The SMILES string of the molecule is CC12C(=O)CC(=O)C1(C)C1(C)C(=O)OC(=O)C21C.O=C1CC(=O)C2C1C1C(=O)OC(=O)C21. The summed E-state index contributed by atoms with van der Waals surface area (Å²) in [4.78, 5) is 93.2. The van der Waals surface area contributed by atoms with E-state index in [2.05, 4.69) is 4.74 Å². The van der Waals surface area contributed by atoms with Gasteiger partial charge in [0, 0.05) is 11.8 Å². The number of rotatable bonds is 0. The van der Waals surface area contributed by atoms with Gasteiger partial charge >= 0.3 is 23.9 Å². The molecule has 0 radical (unpaired) electrons. The van der Waals surface area contributed by atoms with Crippen LogP contribution in [0.2, 0.25) is 0 Å². The van der Waals surface area contributed by atoms with Crippen LogP contribution >= 0.6 is 0 Å². The van der Waals surface area contributed by atoms with E-state index in [1.54, 1.807) is 27.7 Å². The molecule has 0 N–H and O–H groups in total. The monoisotopic (exact) mass is 444 g/mol. The van der Waals surface area contributed by atoms with E-state index in [0.717, 1.165) is 0 Å². The molecule has 4 aliphatic carbocycles. The molecule has 6 aliphatic rings. The molecule has 10 heteroatoms. The molecule has 32 heavy (non-hydrogen) atoms. The molecule has 10 nitrogen and oxygen atoms in total. The fourth-order valence-corrected chi connectivity index (χ4v) is 7.44. The molecule has 2 saturated heterocycles. The Hall–Kier alpha value is -3.04. The lowest BCUT2D eigenvalue weighted by Crippen LogP contribution is -2.77. The van der Waals surface area contributed by atoms with Gasteiger partial charge in [0.05, 0.1) is 46.3 Å². The number of hydrogen-bond donors (Lipinski definition) is 0. The van der Waals surface area contributed by atoms with Crippen molar-refractivity contribution in [3.63, 3.8) is 0 Å². The van der Waals surface area contributed by atoms with Crippen LogP contribution in [0, 0.1) is 45.3 Å². The lowest BCUT2D eigenvalue weighted by molar-refractivity contribution is -0.243. The van der Waals surface area contributed by atoms with Crippen LogP contribution < -0.4 is 0 Å². The quantitative estimate of drug-likeness (QED) is 0.360. The number of Topliss-reactive ketones (excluding diaryl/α,β-unsaturated/α-hetero) is 4. The highest BCUT2D eigenvalue weighted by molar-refractivity contribution is 6.23. The van der Waals surface area contributed by atoms with E-state index in [1.165, 1.54) is 0 Å². The molecule has 8 atom stereocenters. The van der Waals surface area contributed by atoms with Crippen molar-refractivity contribution in [2.45, 2.75) is 40.5 Å². The maximum absolute atomic E-state index is 12.2. The lowest BCUT2D eigenvalue weighted by atomic mass is 9.27. The first-order valence-electron chi connectivity index (χ1n) is 10.4. The summed E-state index contributed by atoms with van der Waals surface area (Å²) in [6.07, 6.45) is -0.318. The summed E-state index contributed by atoms with van der Waals surface area (Å²) in [5.74, 6) is -6.04. The Morgan fingerprint density at radius 2 is 0.906 bits per heavy atom. The van der Waals surface area contributed by atoms with Gasteiger partial charge in [-0.05, 0) is 13.8 Å². The third-order valence-corrected chi connectivity index (χ3v) is 9.82. The molecule has 6 fully saturated rings. The van der Waals surface area contributed by atoms with E-state index < -0.39 is 69.2 Å². The second-order valence-corrected chi connectivity index (χ2v) is 10.2. The van der Waals surface area contributed by atoms with E-state index in [-0.39, 0.29) is 36.0 Å². The van der Waals surface area contributed by atoms with Gasteiger partial charge in [-0.3, -0.25) is 38.4 Å². The van der Waals surface area contributed by atoms with Crippen molar-refractivity contribution in [3.8, 4) is 0 Å². The minimum atomic E-state index is -1.23.